The minimum Gasteiger partial charge on any atom is -0.497 e. The molecule has 2 aliphatic heterocycles. The summed E-state index contributed by atoms with van der Waals surface area (Å²) >= 11 is 3.31. The summed E-state index contributed by atoms with van der Waals surface area (Å²) in [6.45, 7) is 5.07. The Kier molecular flexibility index (Phi) is 12.4. The molecular weight excluding hydrogens is 494 g/mol. The fourth-order valence-electron chi connectivity index (χ4n) is 4.19. The van der Waals surface area contributed by atoms with Crippen LogP contribution in [0, 0.1) is 5.92 Å². The molecule has 2 aromatic carbocycles. The number of nitrogens with zero attached hydrogens (tertiary/aromatic N) is 3. The Bertz CT molecular complexity index is 835. The molecule has 2 fully saturated rings. The summed E-state index contributed by atoms with van der Waals surface area (Å²) < 4.78 is 6.30. The number of nitrogens with two attached hydrogens (primary N) is 1. The van der Waals surface area contributed by atoms with E-state index in [0.717, 1.165) is 48.5 Å². The van der Waals surface area contributed by atoms with Gasteiger partial charge in [-0.05, 0) is 76.3 Å². The average molecular weight is 535 g/mol. The van der Waals surface area contributed by atoms with Gasteiger partial charge in [0.1, 0.15) is 5.75 Å². The van der Waals surface area contributed by atoms with Gasteiger partial charge >= 0.3 is 6.03 Å². The van der Waals surface area contributed by atoms with E-state index < -0.39 is 0 Å². The zero-order valence-electron chi connectivity index (χ0n) is 20.9. The molecule has 0 spiro atoms. The highest BCUT2D eigenvalue weighted by molar-refractivity contribution is 9.10. The van der Waals surface area contributed by atoms with Gasteiger partial charge in [0.2, 0.25) is 0 Å². The molecule has 0 aliphatic carbocycles. The molecule has 0 aromatic heterocycles. The standard InChI is InChI=1S/C19H30N4O2.C6H5Br.CH5N/c1-21(2)12-15-8-10-23(14-17-9-11-22(17)13-15)19(24)20-16-4-6-18(25-3)7-5-16;7-6-4-2-1-3-5-6;1-2/h4-7,15,17H,8-14H2,1-3H3,(H,20,24);1-5H;2H2,1H3/t15?,17-;;/m1../s1. The maximum Gasteiger partial charge on any atom is 0.321 e. The highest BCUT2D eigenvalue weighted by atomic mass is 79.9. The third-order valence-corrected chi connectivity index (χ3v) is 6.51. The molecule has 3 N–H and O–H groups in total. The number of carbonyl (C=O) groups is 1. The van der Waals surface area contributed by atoms with Crippen LogP contribution in [0.2, 0.25) is 0 Å². The monoisotopic (exact) mass is 533 g/mol. The van der Waals surface area contributed by atoms with E-state index in [-0.39, 0.29) is 6.03 Å². The van der Waals surface area contributed by atoms with Crippen LogP contribution in [0.25, 0.3) is 0 Å². The molecule has 7 nitrogen and oxygen atoms in total. The lowest BCUT2D eigenvalue weighted by Crippen LogP contribution is -2.58. The van der Waals surface area contributed by atoms with Gasteiger partial charge in [-0.3, -0.25) is 4.90 Å². The molecule has 2 saturated heterocycles. The van der Waals surface area contributed by atoms with Crippen molar-refractivity contribution in [3.8, 4) is 5.75 Å². The second-order valence-corrected chi connectivity index (χ2v) is 9.67. The van der Waals surface area contributed by atoms with E-state index in [9.17, 15) is 4.79 Å². The first-order valence-electron chi connectivity index (χ1n) is 11.8. The van der Waals surface area contributed by atoms with Gasteiger partial charge in [0.05, 0.1) is 7.11 Å². The van der Waals surface area contributed by atoms with Gasteiger partial charge in [-0.2, -0.15) is 0 Å². The lowest BCUT2D eigenvalue weighted by atomic mass is 9.94. The second-order valence-electron chi connectivity index (χ2n) is 8.75. The topological polar surface area (TPSA) is 74.1 Å². The number of anilines is 1. The minimum absolute atomic E-state index is 0.00233. The van der Waals surface area contributed by atoms with Gasteiger partial charge in [-0.1, -0.05) is 34.1 Å². The summed E-state index contributed by atoms with van der Waals surface area (Å²) in [5.74, 6) is 1.41. The predicted molar refractivity (Wildman–Crippen MR) is 144 cm³/mol. The van der Waals surface area contributed by atoms with E-state index in [4.69, 9.17) is 4.74 Å². The first-order chi connectivity index (χ1) is 16.4. The molecule has 0 radical (unpaired) electrons. The number of nitrogens with one attached hydrogen (secondary N) is 1. The maximum absolute atomic E-state index is 12.7. The van der Waals surface area contributed by atoms with Gasteiger partial charge < -0.3 is 25.6 Å². The maximum atomic E-state index is 12.7. The van der Waals surface area contributed by atoms with Crippen LogP contribution >= 0.6 is 15.9 Å². The molecule has 2 aliphatic rings. The molecule has 4 rings (SSSR count). The molecular formula is C26H40BrN5O2. The molecule has 2 amide bonds. The van der Waals surface area contributed by atoms with Crippen LogP contribution in [0.15, 0.2) is 59.1 Å². The third-order valence-electron chi connectivity index (χ3n) is 5.98. The van der Waals surface area contributed by atoms with Crippen LogP contribution in [-0.2, 0) is 0 Å². The fraction of sp³-hybridized carbons (Fsp3) is 0.500. The summed E-state index contributed by atoms with van der Waals surface area (Å²) in [5, 5.41) is 3.03. The van der Waals surface area contributed by atoms with Gasteiger partial charge in [0.25, 0.3) is 0 Å². The Morgan fingerprint density at radius 3 is 2.24 bits per heavy atom. The van der Waals surface area contributed by atoms with Crippen molar-refractivity contribution >= 4 is 27.6 Å². The molecule has 0 bridgehead atoms. The number of rotatable bonds is 4. The number of amides is 2. The SMILES string of the molecule is Brc1ccccc1.CN.COc1ccc(NC(=O)N2CCC(CN(C)C)CN3CC[C@@H]3C2)cc1. The first-order valence-corrected chi connectivity index (χ1v) is 12.6. The van der Waals surface area contributed by atoms with Crippen molar-refractivity contribution < 1.29 is 9.53 Å². The van der Waals surface area contributed by atoms with E-state index in [1.165, 1.54) is 20.0 Å². The first kappa shape index (κ1) is 28.1. The Morgan fingerprint density at radius 1 is 1.06 bits per heavy atom. The molecule has 2 heterocycles. The van der Waals surface area contributed by atoms with Crippen molar-refractivity contribution in [2.24, 2.45) is 11.7 Å². The van der Waals surface area contributed by atoms with Crippen molar-refractivity contribution in [3.05, 3.63) is 59.1 Å². The number of halogens is 1. The molecule has 188 valence electrons. The minimum atomic E-state index is 0.00233. The van der Waals surface area contributed by atoms with Crippen molar-refractivity contribution in [2.45, 2.75) is 18.9 Å². The number of benzene rings is 2. The third kappa shape index (κ3) is 9.25. The van der Waals surface area contributed by atoms with Crippen LogP contribution in [0.5, 0.6) is 5.75 Å². The largest absolute Gasteiger partial charge is 0.497 e. The smallest absolute Gasteiger partial charge is 0.321 e. The van der Waals surface area contributed by atoms with Crippen molar-refractivity contribution in [3.63, 3.8) is 0 Å². The van der Waals surface area contributed by atoms with E-state index in [1.54, 1.807) is 7.11 Å². The Labute approximate surface area is 213 Å². The van der Waals surface area contributed by atoms with Gasteiger partial charge in [-0.25, -0.2) is 4.79 Å². The normalized spacial score (nSPS) is 19.7. The van der Waals surface area contributed by atoms with Gasteiger partial charge in [0.15, 0.2) is 0 Å². The highest BCUT2D eigenvalue weighted by Crippen LogP contribution is 2.25. The number of hydrogen-bond acceptors (Lipinski definition) is 5. The van der Waals surface area contributed by atoms with E-state index in [1.807, 2.05) is 59.5 Å². The molecule has 1 unspecified atom stereocenters. The van der Waals surface area contributed by atoms with Crippen LogP contribution in [-0.4, -0.2) is 87.7 Å². The van der Waals surface area contributed by atoms with Crippen LogP contribution < -0.4 is 15.8 Å². The van der Waals surface area contributed by atoms with E-state index >= 15 is 0 Å². The summed E-state index contributed by atoms with van der Waals surface area (Å²) in [6, 6.07) is 18.0. The second kappa shape index (κ2) is 15.0. The molecule has 8 heteroatoms. The Balaban J connectivity index is 0.000000384. The molecule has 2 aromatic rings. The summed E-state index contributed by atoms with van der Waals surface area (Å²) in [5.41, 5.74) is 5.31. The van der Waals surface area contributed by atoms with E-state index in [2.05, 4.69) is 50.9 Å². The van der Waals surface area contributed by atoms with Gasteiger partial charge in [-0.15, -0.1) is 0 Å². The lowest BCUT2D eigenvalue weighted by Gasteiger charge is -2.47. The van der Waals surface area contributed by atoms with Crippen molar-refractivity contribution in [1.29, 1.82) is 0 Å². The van der Waals surface area contributed by atoms with Crippen molar-refractivity contribution in [1.82, 2.24) is 14.7 Å². The van der Waals surface area contributed by atoms with Crippen LogP contribution in [0.1, 0.15) is 12.8 Å². The number of ether oxygens (including phenoxy) is 1. The van der Waals surface area contributed by atoms with E-state index in [0.29, 0.717) is 12.0 Å². The van der Waals surface area contributed by atoms with Crippen LogP contribution in [0.3, 0.4) is 0 Å². The molecule has 0 saturated carbocycles. The highest BCUT2D eigenvalue weighted by Gasteiger charge is 2.34. The van der Waals surface area contributed by atoms with Crippen molar-refractivity contribution in [2.75, 3.05) is 66.3 Å². The molecule has 2 atom stereocenters. The summed E-state index contributed by atoms with van der Waals surface area (Å²) in [7, 11) is 7.39. The Hall–Kier alpha value is -2.13. The van der Waals surface area contributed by atoms with Crippen LogP contribution in [0.4, 0.5) is 10.5 Å². The fourth-order valence-corrected chi connectivity index (χ4v) is 4.50. The van der Waals surface area contributed by atoms with Gasteiger partial charge in [0, 0.05) is 48.9 Å². The average Bonchev–Trinajstić information content (AvgIpc) is 2.83. The zero-order valence-corrected chi connectivity index (χ0v) is 22.5. The zero-order chi connectivity index (χ0) is 24.9. The number of hydrogen-bond donors (Lipinski definition) is 2. The number of fused-ring (bicyclic) bond motifs is 1. The summed E-state index contributed by atoms with van der Waals surface area (Å²) in [6.07, 6.45) is 2.25. The predicted octanol–water partition coefficient (Wildman–Crippen LogP) is 4.21. The summed E-state index contributed by atoms with van der Waals surface area (Å²) in [4.78, 5) is 19.5. The lowest BCUT2D eigenvalue weighted by molar-refractivity contribution is 0.0276. The number of carbonyl (C=O) groups excluding carboxylic acids is 1. The quantitative estimate of drug-likeness (QED) is 0.615. The number of urea groups is 1. The Morgan fingerprint density at radius 2 is 1.74 bits per heavy atom. The number of methoxy groups -OCH3 is 1. The molecule has 34 heavy (non-hydrogen) atoms.